The minimum Gasteiger partial charge on any atom is -0.456 e. The molecule has 0 saturated carbocycles. The van der Waals surface area contributed by atoms with Crippen LogP contribution in [0.1, 0.15) is 11.5 Å². The molecule has 9 heteroatoms. The lowest BCUT2D eigenvalue weighted by molar-refractivity contribution is -0.146. The van der Waals surface area contributed by atoms with Crippen molar-refractivity contribution in [1.82, 2.24) is 24.8 Å². The van der Waals surface area contributed by atoms with Gasteiger partial charge in [-0.25, -0.2) is 0 Å². The van der Waals surface area contributed by atoms with Gasteiger partial charge < -0.3 is 4.74 Å². The van der Waals surface area contributed by atoms with Crippen molar-refractivity contribution >= 4 is 17.3 Å². The van der Waals surface area contributed by atoms with E-state index in [1.165, 1.54) is 9.25 Å². The molecule has 2 heterocycles. The van der Waals surface area contributed by atoms with Gasteiger partial charge in [0.15, 0.2) is 12.4 Å². The highest BCUT2D eigenvalue weighted by molar-refractivity contribution is 7.07. The Hall–Kier alpha value is -2.81. The van der Waals surface area contributed by atoms with Crippen LogP contribution in [-0.2, 0) is 22.7 Å². The van der Waals surface area contributed by atoms with Gasteiger partial charge in [0, 0.05) is 11.1 Å². The van der Waals surface area contributed by atoms with Crippen molar-refractivity contribution in [3.05, 3.63) is 56.9 Å². The molecule has 0 radical (unpaired) electrons. The van der Waals surface area contributed by atoms with Crippen LogP contribution in [0.15, 0.2) is 40.5 Å². The van der Waals surface area contributed by atoms with Crippen LogP contribution >= 0.6 is 11.3 Å². The van der Waals surface area contributed by atoms with Gasteiger partial charge in [-0.15, -0.1) is 5.10 Å². The summed E-state index contributed by atoms with van der Waals surface area (Å²) < 4.78 is 8.04. The quantitative estimate of drug-likeness (QED) is 0.646. The van der Waals surface area contributed by atoms with Crippen LogP contribution in [0.2, 0.25) is 0 Å². The molecule has 118 valence electrons. The zero-order chi connectivity index (χ0) is 16.2. The molecule has 0 bridgehead atoms. The second kappa shape index (κ2) is 6.53. The van der Waals surface area contributed by atoms with E-state index in [0.717, 1.165) is 22.7 Å². The molecule has 3 rings (SSSR count). The smallest absolute Gasteiger partial charge is 0.326 e. The van der Waals surface area contributed by atoms with Crippen molar-refractivity contribution in [3.8, 4) is 5.69 Å². The molecule has 0 aliphatic rings. The molecule has 0 amide bonds. The van der Waals surface area contributed by atoms with Gasteiger partial charge >= 0.3 is 10.8 Å². The van der Waals surface area contributed by atoms with Crippen molar-refractivity contribution in [3.63, 3.8) is 0 Å². The number of para-hydroxylation sites is 1. The zero-order valence-corrected chi connectivity index (χ0v) is 13.1. The lowest BCUT2D eigenvalue weighted by Gasteiger charge is -2.07. The number of thiazole rings is 1. The van der Waals surface area contributed by atoms with Crippen LogP contribution in [0.4, 0.5) is 0 Å². The highest BCUT2D eigenvalue weighted by atomic mass is 32.1. The first-order valence-electron chi connectivity index (χ1n) is 6.78. The first kappa shape index (κ1) is 15.1. The van der Waals surface area contributed by atoms with E-state index in [2.05, 4.69) is 15.5 Å². The Kier molecular flexibility index (Phi) is 4.29. The summed E-state index contributed by atoms with van der Waals surface area (Å²) in [7, 11) is 0. The molecule has 0 unspecified atom stereocenters. The van der Waals surface area contributed by atoms with Crippen LogP contribution < -0.4 is 4.87 Å². The molecule has 0 aliphatic heterocycles. The van der Waals surface area contributed by atoms with Crippen LogP contribution in [0, 0.1) is 6.92 Å². The fourth-order valence-electron chi connectivity index (χ4n) is 1.98. The molecule has 3 aromatic rings. The van der Waals surface area contributed by atoms with E-state index in [1.54, 1.807) is 12.3 Å². The predicted octanol–water partition coefficient (Wildman–Crippen LogP) is 0.937. The zero-order valence-electron chi connectivity index (χ0n) is 12.2. The first-order chi connectivity index (χ1) is 11.1. The van der Waals surface area contributed by atoms with Crippen LogP contribution in [0.5, 0.6) is 0 Å². The van der Waals surface area contributed by atoms with E-state index in [0.29, 0.717) is 5.82 Å². The molecule has 8 nitrogen and oxygen atoms in total. The number of tetrazole rings is 1. The normalized spacial score (nSPS) is 10.7. The number of rotatable bonds is 5. The summed E-state index contributed by atoms with van der Waals surface area (Å²) in [6, 6.07) is 9.29. The maximum Gasteiger partial charge on any atom is 0.326 e. The Morgan fingerprint density at radius 2 is 2.09 bits per heavy atom. The van der Waals surface area contributed by atoms with Gasteiger partial charge in [0.25, 0.3) is 0 Å². The lowest BCUT2D eigenvalue weighted by atomic mass is 10.3. The Balaban J connectivity index is 1.67. The van der Waals surface area contributed by atoms with Gasteiger partial charge in [-0.3, -0.25) is 14.2 Å². The van der Waals surface area contributed by atoms with Crippen LogP contribution in [-0.4, -0.2) is 30.7 Å². The molecule has 23 heavy (non-hydrogen) atoms. The summed E-state index contributed by atoms with van der Waals surface area (Å²) >= 11 is 1.05. The number of carbonyl (C=O) groups is 1. The average molecular weight is 331 g/mol. The van der Waals surface area contributed by atoms with Crippen molar-refractivity contribution in [2.24, 2.45) is 0 Å². The second-order valence-corrected chi connectivity index (χ2v) is 5.55. The van der Waals surface area contributed by atoms with Crippen molar-refractivity contribution in [1.29, 1.82) is 0 Å². The topological polar surface area (TPSA) is 91.9 Å². The molecule has 0 aliphatic carbocycles. The van der Waals surface area contributed by atoms with Gasteiger partial charge in [-0.2, -0.15) is 4.68 Å². The maximum absolute atomic E-state index is 11.9. The third kappa shape index (κ3) is 3.34. The summed E-state index contributed by atoms with van der Waals surface area (Å²) in [6.07, 6.45) is 0. The van der Waals surface area contributed by atoms with E-state index < -0.39 is 5.97 Å². The van der Waals surface area contributed by atoms with Crippen LogP contribution in [0.3, 0.4) is 0 Å². The third-order valence-corrected chi connectivity index (χ3v) is 4.04. The lowest BCUT2D eigenvalue weighted by Crippen LogP contribution is -2.22. The number of hydrogen-bond acceptors (Lipinski definition) is 7. The monoisotopic (exact) mass is 331 g/mol. The van der Waals surface area contributed by atoms with Crippen LogP contribution in [0.25, 0.3) is 5.69 Å². The molecule has 0 fully saturated rings. The van der Waals surface area contributed by atoms with Gasteiger partial charge in [-0.1, -0.05) is 29.5 Å². The summed E-state index contributed by atoms with van der Waals surface area (Å²) in [4.78, 5) is 23.3. The summed E-state index contributed by atoms with van der Waals surface area (Å²) in [6.45, 7) is 1.57. The SMILES string of the molecule is Cc1csc(=O)n1CC(=O)OCc1nnnn1-c1ccccc1. The van der Waals surface area contributed by atoms with E-state index in [4.69, 9.17) is 4.74 Å². The number of aryl methyl sites for hydroxylation is 1. The Bertz CT molecular complexity index is 868. The Morgan fingerprint density at radius 3 is 2.78 bits per heavy atom. The molecule has 0 saturated heterocycles. The molecule has 2 aromatic heterocycles. The van der Waals surface area contributed by atoms with E-state index >= 15 is 0 Å². The van der Waals surface area contributed by atoms with Crippen molar-refractivity contribution in [2.75, 3.05) is 0 Å². The summed E-state index contributed by atoms with van der Waals surface area (Å²) in [5.74, 6) is -0.116. The molecular formula is C14H13N5O3S. The first-order valence-corrected chi connectivity index (χ1v) is 7.66. The number of esters is 1. The number of nitrogens with zero attached hydrogens (tertiary/aromatic N) is 5. The molecule has 0 N–H and O–H groups in total. The Labute approximate surface area is 134 Å². The van der Waals surface area contributed by atoms with Gasteiger partial charge in [-0.05, 0) is 29.5 Å². The van der Waals surface area contributed by atoms with E-state index in [1.807, 2.05) is 30.3 Å². The fourth-order valence-corrected chi connectivity index (χ4v) is 2.72. The highest BCUT2D eigenvalue weighted by Crippen LogP contribution is 2.08. The maximum atomic E-state index is 11.9. The number of hydrogen-bond donors (Lipinski definition) is 0. The average Bonchev–Trinajstić information content (AvgIpc) is 3.15. The summed E-state index contributed by atoms with van der Waals surface area (Å²) in [5, 5.41) is 13.0. The number of carbonyl (C=O) groups excluding carboxylic acids is 1. The van der Waals surface area contributed by atoms with Crippen molar-refractivity contribution < 1.29 is 9.53 Å². The predicted molar refractivity (Wildman–Crippen MR) is 82.3 cm³/mol. The minimum absolute atomic E-state index is 0.0708. The second-order valence-electron chi connectivity index (χ2n) is 4.73. The van der Waals surface area contributed by atoms with E-state index in [9.17, 15) is 9.59 Å². The van der Waals surface area contributed by atoms with E-state index in [-0.39, 0.29) is 18.0 Å². The molecule has 1 aromatic carbocycles. The standard InChI is InChI=1S/C14H13N5O3S/c1-10-9-23-14(21)18(10)7-13(20)22-8-12-15-16-17-19(12)11-5-3-2-4-6-11/h2-6,9H,7-8H2,1H3. The molecule has 0 spiro atoms. The molecule has 0 atom stereocenters. The minimum atomic E-state index is -0.517. The highest BCUT2D eigenvalue weighted by Gasteiger charge is 2.13. The fraction of sp³-hybridized carbons (Fsp3) is 0.214. The number of ether oxygens (including phenoxy) is 1. The summed E-state index contributed by atoms with van der Waals surface area (Å²) in [5.41, 5.74) is 1.50. The molecular weight excluding hydrogens is 318 g/mol. The Morgan fingerprint density at radius 1 is 1.30 bits per heavy atom. The van der Waals surface area contributed by atoms with Gasteiger partial charge in [0.2, 0.25) is 0 Å². The van der Waals surface area contributed by atoms with Crippen molar-refractivity contribution in [2.45, 2.75) is 20.1 Å². The third-order valence-electron chi connectivity index (χ3n) is 3.16. The van der Waals surface area contributed by atoms with Gasteiger partial charge in [0.05, 0.1) is 5.69 Å². The largest absolute Gasteiger partial charge is 0.456 e. The number of aromatic nitrogens is 5. The van der Waals surface area contributed by atoms with Gasteiger partial charge in [0.1, 0.15) is 6.54 Å². The number of benzene rings is 1.